The highest BCUT2D eigenvalue weighted by molar-refractivity contribution is 7.00. The minimum atomic E-state index is -0.578. The van der Waals surface area contributed by atoms with Gasteiger partial charge in [0.05, 0.1) is 11.7 Å². The molecular weight excluding hydrogens is 332 g/mol. The normalized spacial score (nSPS) is 19.2. The number of ether oxygens (including phenoxy) is 1. The molecule has 24 heavy (non-hydrogen) atoms. The number of likely N-dealkylation sites (tertiary alicyclic amines) is 1. The predicted molar refractivity (Wildman–Crippen MR) is 84.5 cm³/mol. The fourth-order valence-electron chi connectivity index (χ4n) is 3.14. The van der Waals surface area contributed by atoms with E-state index in [0.29, 0.717) is 37.0 Å². The molecule has 2 aliphatic rings. The molecule has 0 spiro atoms. The lowest BCUT2D eigenvalue weighted by Gasteiger charge is -2.34. The van der Waals surface area contributed by atoms with Crippen LogP contribution in [-0.4, -0.2) is 62.2 Å². The summed E-state index contributed by atoms with van der Waals surface area (Å²) in [5.74, 6) is -0.370. The third-order valence-electron chi connectivity index (χ3n) is 4.40. The molecule has 9 heteroatoms. The monoisotopic (exact) mass is 346 g/mol. The average Bonchev–Trinajstić information content (AvgIpc) is 3.20. The van der Waals surface area contributed by atoms with Gasteiger partial charge in [-0.25, -0.2) is 9.69 Å². The summed E-state index contributed by atoms with van der Waals surface area (Å²) in [5.41, 5.74) is 2.07. The lowest BCUT2D eigenvalue weighted by atomic mass is 10.0. The second-order valence-electron chi connectivity index (χ2n) is 5.81. The first-order valence-corrected chi connectivity index (χ1v) is 8.37. The van der Waals surface area contributed by atoms with Crippen LogP contribution in [0.1, 0.15) is 23.2 Å². The zero-order chi connectivity index (χ0) is 16.7. The molecule has 0 saturated carbocycles. The highest BCUT2D eigenvalue weighted by Crippen LogP contribution is 2.22. The maximum Gasteiger partial charge on any atom is 0.417 e. The minimum absolute atomic E-state index is 0.0707. The van der Waals surface area contributed by atoms with Gasteiger partial charge in [0.25, 0.3) is 11.8 Å². The Hall–Kier alpha value is -2.55. The lowest BCUT2D eigenvalue weighted by molar-refractivity contribution is -0.127. The average molecular weight is 346 g/mol. The molecule has 2 saturated heterocycles. The van der Waals surface area contributed by atoms with Gasteiger partial charge < -0.3 is 9.64 Å². The molecule has 8 nitrogen and oxygen atoms in total. The van der Waals surface area contributed by atoms with Crippen molar-refractivity contribution in [2.45, 2.75) is 18.9 Å². The van der Waals surface area contributed by atoms with Crippen LogP contribution in [0.2, 0.25) is 0 Å². The van der Waals surface area contributed by atoms with Crippen LogP contribution in [0.25, 0.3) is 11.0 Å². The number of nitrogens with zero attached hydrogens (tertiary/aromatic N) is 4. The van der Waals surface area contributed by atoms with E-state index >= 15 is 0 Å². The van der Waals surface area contributed by atoms with Crippen molar-refractivity contribution in [1.29, 1.82) is 0 Å². The quantitative estimate of drug-likeness (QED) is 0.813. The number of piperidine rings is 1. The fourth-order valence-corrected chi connectivity index (χ4v) is 3.66. The molecule has 3 heterocycles. The Morgan fingerprint density at radius 2 is 1.92 bits per heavy atom. The largest absolute Gasteiger partial charge is 0.439 e. The van der Waals surface area contributed by atoms with Crippen LogP contribution in [0.4, 0.5) is 4.79 Å². The molecule has 4 rings (SSSR count). The molecule has 0 atom stereocenters. The van der Waals surface area contributed by atoms with Crippen molar-refractivity contribution in [3.05, 3.63) is 23.8 Å². The molecule has 2 aromatic rings. The number of hydrogen-bond donors (Lipinski definition) is 0. The number of fused-ring (bicyclic) bond motifs is 1. The Labute approximate surface area is 141 Å². The van der Waals surface area contributed by atoms with E-state index < -0.39 is 6.09 Å². The van der Waals surface area contributed by atoms with Crippen molar-refractivity contribution in [2.24, 2.45) is 0 Å². The maximum absolute atomic E-state index is 12.6. The standard InChI is InChI=1S/C15H14N4O4S/c20-13-8-23-15(22)19(13)10-3-5-18(6-4-10)14(21)9-1-2-11-12(7-9)17-24-16-11/h1-2,7,10H,3-6,8H2. The van der Waals surface area contributed by atoms with Crippen LogP contribution in [0.3, 0.4) is 0 Å². The number of aromatic nitrogens is 2. The van der Waals surface area contributed by atoms with Gasteiger partial charge in [-0.2, -0.15) is 8.75 Å². The van der Waals surface area contributed by atoms with E-state index in [9.17, 15) is 14.4 Å². The Kier molecular flexibility index (Phi) is 3.64. The molecule has 1 aromatic carbocycles. The zero-order valence-corrected chi connectivity index (χ0v) is 13.5. The van der Waals surface area contributed by atoms with Gasteiger partial charge in [-0.15, -0.1) is 0 Å². The van der Waals surface area contributed by atoms with Crippen molar-refractivity contribution >= 4 is 40.7 Å². The smallest absolute Gasteiger partial charge is 0.417 e. The van der Waals surface area contributed by atoms with Crippen LogP contribution in [0, 0.1) is 0 Å². The molecule has 124 valence electrons. The van der Waals surface area contributed by atoms with Gasteiger partial charge in [-0.1, -0.05) is 0 Å². The van der Waals surface area contributed by atoms with Gasteiger partial charge in [0, 0.05) is 24.7 Å². The summed E-state index contributed by atoms with van der Waals surface area (Å²) in [5, 5.41) is 0. The summed E-state index contributed by atoms with van der Waals surface area (Å²) in [6.45, 7) is 0.807. The first kappa shape index (κ1) is 15.0. The number of imide groups is 1. The molecule has 2 aliphatic heterocycles. The molecular formula is C15H14N4O4S. The van der Waals surface area contributed by atoms with E-state index in [2.05, 4.69) is 8.75 Å². The van der Waals surface area contributed by atoms with Gasteiger partial charge in [-0.3, -0.25) is 9.59 Å². The van der Waals surface area contributed by atoms with E-state index in [-0.39, 0.29) is 24.5 Å². The Morgan fingerprint density at radius 1 is 1.17 bits per heavy atom. The highest BCUT2D eigenvalue weighted by Gasteiger charge is 2.39. The van der Waals surface area contributed by atoms with E-state index in [1.807, 2.05) is 0 Å². The summed E-state index contributed by atoms with van der Waals surface area (Å²) in [4.78, 5) is 38.9. The number of rotatable bonds is 2. The van der Waals surface area contributed by atoms with Crippen molar-refractivity contribution in [2.75, 3.05) is 19.7 Å². The molecule has 0 unspecified atom stereocenters. The van der Waals surface area contributed by atoms with Crippen molar-refractivity contribution in [3.8, 4) is 0 Å². The van der Waals surface area contributed by atoms with E-state index in [1.165, 1.54) is 4.90 Å². The minimum Gasteiger partial charge on any atom is -0.439 e. The van der Waals surface area contributed by atoms with Crippen LogP contribution in [-0.2, 0) is 9.53 Å². The third kappa shape index (κ3) is 2.50. The Bertz CT molecular complexity index is 812. The van der Waals surface area contributed by atoms with E-state index in [1.54, 1.807) is 23.1 Å². The SMILES string of the molecule is O=C(c1ccc2nsnc2c1)N1CCC(N2C(=O)COC2=O)CC1. The molecule has 1 aromatic heterocycles. The molecule has 3 amide bonds. The Morgan fingerprint density at radius 3 is 2.62 bits per heavy atom. The van der Waals surface area contributed by atoms with E-state index in [0.717, 1.165) is 17.2 Å². The maximum atomic E-state index is 12.6. The van der Waals surface area contributed by atoms with Gasteiger partial charge in [0.1, 0.15) is 11.0 Å². The van der Waals surface area contributed by atoms with Crippen molar-refractivity contribution in [3.63, 3.8) is 0 Å². The summed E-state index contributed by atoms with van der Waals surface area (Å²) < 4.78 is 13.0. The fraction of sp³-hybridized carbons (Fsp3) is 0.400. The zero-order valence-electron chi connectivity index (χ0n) is 12.7. The van der Waals surface area contributed by atoms with Crippen LogP contribution >= 0.6 is 11.7 Å². The van der Waals surface area contributed by atoms with Crippen LogP contribution in [0.5, 0.6) is 0 Å². The first-order chi connectivity index (χ1) is 11.6. The first-order valence-electron chi connectivity index (χ1n) is 7.64. The van der Waals surface area contributed by atoms with Crippen LogP contribution in [0.15, 0.2) is 18.2 Å². The molecule has 0 radical (unpaired) electrons. The second kappa shape index (κ2) is 5.82. The summed E-state index contributed by atoms with van der Waals surface area (Å²) in [6, 6.07) is 5.09. The summed E-state index contributed by atoms with van der Waals surface area (Å²) >= 11 is 1.12. The third-order valence-corrected chi connectivity index (χ3v) is 4.96. The number of hydrogen-bond acceptors (Lipinski definition) is 7. The van der Waals surface area contributed by atoms with E-state index in [4.69, 9.17) is 4.74 Å². The lowest BCUT2D eigenvalue weighted by Crippen LogP contribution is -2.48. The predicted octanol–water partition coefficient (Wildman–Crippen LogP) is 1.27. The summed E-state index contributed by atoms with van der Waals surface area (Å²) in [7, 11) is 0. The second-order valence-corrected chi connectivity index (χ2v) is 6.34. The van der Waals surface area contributed by atoms with Crippen molar-refractivity contribution in [1.82, 2.24) is 18.5 Å². The number of benzene rings is 1. The van der Waals surface area contributed by atoms with Gasteiger partial charge in [0.2, 0.25) is 0 Å². The highest BCUT2D eigenvalue weighted by atomic mass is 32.1. The number of carbonyl (C=O) groups is 3. The molecule has 2 fully saturated rings. The van der Waals surface area contributed by atoms with Gasteiger partial charge in [0.15, 0.2) is 6.61 Å². The van der Waals surface area contributed by atoms with Crippen molar-refractivity contribution < 1.29 is 19.1 Å². The molecule has 0 bridgehead atoms. The number of amides is 3. The van der Waals surface area contributed by atoms with Gasteiger partial charge >= 0.3 is 6.09 Å². The molecule has 0 aliphatic carbocycles. The van der Waals surface area contributed by atoms with Crippen LogP contribution < -0.4 is 0 Å². The topological polar surface area (TPSA) is 92.7 Å². The number of cyclic esters (lactones) is 1. The summed E-state index contributed by atoms with van der Waals surface area (Å²) in [6.07, 6.45) is 0.548. The molecule has 0 N–H and O–H groups in total. The number of carbonyl (C=O) groups excluding carboxylic acids is 3. The van der Waals surface area contributed by atoms with Gasteiger partial charge in [-0.05, 0) is 31.0 Å². The Balaban J connectivity index is 1.44.